The van der Waals surface area contributed by atoms with Crippen LogP contribution in [-0.4, -0.2) is 16.5 Å². The zero-order valence-electron chi connectivity index (χ0n) is 11.5. The zero-order valence-corrected chi connectivity index (χ0v) is 11.5. The highest BCUT2D eigenvalue weighted by Crippen LogP contribution is 2.25. The first-order chi connectivity index (χ1) is 9.72. The maximum absolute atomic E-state index is 12.0. The van der Waals surface area contributed by atoms with Crippen LogP contribution in [0.3, 0.4) is 0 Å². The van der Waals surface area contributed by atoms with Gasteiger partial charge in [0.2, 0.25) is 5.91 Å². The molecule has 0 spiro atoms. The monoisotopic (exact) mass is 267 g/mol. The van der Waals surface area contributed by atoms with Gasteiger partial charge in [0.05, 0.1) is 11.1 Å². The van der Waals surface area contributed by atoms with E-state index < -0.39 is 0 Å². The first-order valence-electron chi connectivity index (χ1n) is 7.03. The molecule has 102 valence electrons. The molecule has 4 heteroatoms. The molecule has 0 radical (unpaired) electrons. The van der Waals surface area contributed by atoms with Crippen LogP contribution < -0.4 is 5.32 Å². The summed E-state index contributed by atoms with van der Waals surface area (Å²) in [6, 6.07) is 8.55. The maximum Gasteiger partial charge on any atom is 0.240 e. The van der Waals surface area contributed by atoms with Gasteiger partial charge in [-0.05, 0) is 24.8 Å². The fourth-order valence-corrected chi connectivity index (χ4v) is 2.59. The van der Waals surface area contributed by atoms with Crippen molar-refractivity contribution in [2.24, 2.45) is 0 Å². The number of rotatable bonds is 4. The molecule has 0 bridgehead atoms. The van der Waals surface area contributed by atoms with Gasteiger partial charge >= 0.3 is 0 Å². The molecule has 3 rings (SSSR count). The fourth-order valence-electron chi connectivity index (χ4n) is 2.59. The number of aryl methyl sites for hydroxylation is 1. The second-order valence-corrected chi connectivity index (χ2v) is 5.29. The molecular weight excluding hydrogens is 250 g/mol. The van der Waals surface area contributed by atoms with Crippen LogP contribution in [0.5, 0.6) is 0 Å². The van der Waals surface area contributed by atoms with Gasteiger partial charge in [-0.1, -0.05) is 25.1 Å². The lowest BCUT2D eigenvalue weighted by Gasteiger charge is -2.09. The highest BCUT2D eigenvalue weighted by atomic mass is 16.2. The molecule has 4 nitrogen and oxygen atoms in total. The lowest BCUT2D eigenvalue weighted by atomic mass is 10.1. The summed E-state index contributed by atoms with van der Waals surface area (Å²) in [4.78, 5) is 12.0. The van der Waals surface area contributed by atoms with Crippen LogP contribution in [0, 0.1) is 11.3 Å². The largest absolute Gasteiger partial charge is 0.352 e. The number of fused-ring (bicyclic) bond motifs is 1. The Morgan fingerprint density at radius 2 is 2.30 bits per heavy atom. The van der Waals surface area contributed by atoms with Gasteiger partial charge in [-0.2, -0.15) is 5.26 Å². The molecule has 1 fully saturated rings. The molecule has 0 atom stereocenters. The van der Waals surface area contributed by atoms with E-state index in [2.05, 4.69) is 24.4 Å². The Bertz CT molecular complexity index is 704. The molecule has 1 N–H and O–H groups in total. The third-order valence-electron chi connectivity index (χ3n) is 3.74. The van der Waals surface area contributed by atoms with Crippen LogP contribution >= 0.6 is 0 Å². The summed E-state index contributed by atoms with van der Waals surface area (Å²) < 4.78 is 1.91. The molecule has 2 aromatic rings. The first-order valence-corrected chi connectivity index (χ1v) is 7.03. The maximum atomic E-state index is 12.0. The van der Waals surface area contributed by atoms with Crippen molar-refractivity contribution < 1.29 is 4.79 Å². The van der Waals surface area contributed by atoms with Gasteiger partial charge in [0.25, 0.3) is 0 Å². The Morgan fingerprint density at radius 3 is 2.95 bits per heavy atom. The Kier molecular flexibility index (Phi) is 3.19. The van der Waals surface area contributed by atoms with Crippen molar-refractivity contribution in [3.8, 4) is 6.07 Å². The van der Waals surface area contributed by atoms with Crippen LogP contribution in [0.25, 0.3) is 10.9 Å². The minimum atomic E-state index is 0.0276. The number of hydrogen-bond acceptors (Lipinski definition) is 2. The summed E-state index contributed by atoms with van der Waals surface area (Å²) in [5, 5.41) is 13.2. The number of amides is 1. The van der Waals surface area contributed by atoms with E-state index in [4.69, 9.17) is 0 Å². The molecule has 1 aromatic carbocycles. The normalized spacial score (nSPS) is 14.2. The van der Waals surface area contributed by atoms with Crippen molar-refractivity contribution in [1.82, 2.24) is 9.88 Å². The summed E-state index contributed by atoms with van der Waals surface area (Å²) in [6.07, 6.45) is 4.84. The number of benzene rings is 1. The molecule has 1 amide bonds. The molecule has 1 aliphatic rings. The Balaban J connectivity index is 2.00. The van der Waals surface area contributed by atoms with Crippen molar-refractivity contribution in [1.29, 1.82) is 5.26 Å². The quantitative estimate of drug-likeness (QED) is 0.924. The molecular formula is C16H17N3O. The van der Waals surface area contributed by atoms with E-state index in [-0.39, 0.29) is 12.5 Å². The molecule has 0 aliphatic heterocycles. The van der Waals surface area contributed by atoms with Crippen molar-refractivity contribution in [3.63, 3.8) is 0 Å². The van der Waals surface area contributed by atoms with Gasteiger partial charge in [-0.15, -0.1) is 0 Å². The summed E-state index contributed by atoms with van der Waals surface area (Å²) in [5.74, 6) is 0.0276. The molecule has 1 heterocycles. The number of carbonyl (C=O) groups excluding carboxylic acids is 1. The Morgan fingerprint density at radius 1 is 1.50 bits per heavy atom. The lowest BCUT2D eigenvalue weighted by molar-refractivity contribution is -0.121. The molecule has 1 saturated carbocycles. The van der Waals surface area contributed by atoms with Crippen LogP contribution in [-0.2, 0) is 17.8 Å². The molecule has 0 unspecified atom stereocenters. The van der Waals surface area contributed by atoms with Gasteiger partial charge in [0.15, 0.2) is 0 Å². The van der Waals surface area contributed by atoms with Gasteiger partial charge < -0.3 is 9.88 Å². The number of carbonyl (C=O) groups is 1. The average Bonchev–Trinajstić information content (AvgIpc) is 3.19. The molecule has 20 heavy (non-hydrogen) atoms. The van der Waals surface area contributed by atoms with E-state index in [1.807, 2.05) is 16.7 Å². The minimum absolute atomic E-state index is 0.0276. The van der Waals surface area contributed by atoms with Crippen LogP contribution in [0.2, 0.25) is 0 Å². The number of nitrogens with zero attached hydrogens (tertiary/aromatic N) is 2. The number of hydrogen-bond donors (Lipinski definition) is 1. The second kappa shape index (κ2) is 5.01. The molecule has 1 aromatic heterocycles. The number of nitrogens with one attached hydrogen (secondary N) is 1. The average molecular weight is 267 g/mol. The van der Waals surface area contributed by atoms with E-state index in [1.54, 1.807) is 6.20 Å². The third-order valence-corrected chi connectivity index (χ3v) is 3.74. The number of nitriles is 1. The van der Waals surface area contributed by atoms with Crippen LogP contribution in [0.4, 0.5) is 0 Å². The predicted octanol–water partition coefficient (Wildman–Crippen LogP) is 2.35. The Hall–Kier alpha value is -2.28. The first kappa shape index (κ1) is 12.7. The Labute approximate surface area is 118 Å². The summed E-state index contributed by atoms with van der Waals surface area (Å²) in [5.41, 5.74) is 2.82. The highest BCUT2D eigenvalue weighted by Gasteiger charge is 2.23. The van der Waals surface area contributed by atoms with Crippen LogP contribution in [0.1, 0.15) is 30.9 Å². The third kappa shape index (κ3) is 2.27. The minimum Gasteiger partial charge on any atom is -0.352 e. The lowest BCUT2D eigenvalue weighted by Crippen LogP contribution is -2.29. The number of aromatic nitrogens is 1. The van der Waals surface area contributed by atoms with Crippen LogP contribution in [0.15, 0.2) is 24.4 Å². The number of para-hydroxylation sites is 1. The zero-order chi connectivity index (χ0) is 14.1. The second-order valence-electron chi connectivity index (χ2n) is 5.29. The SMILES string of the molecule is CCc1cccc2c(C#N)cn(CC(=O)NC3CC3)c12. The van der Waals surface area contributed by atoms with E-state index in [0.717, 1.165) is 30.2 Å². The van der Waals surface area contributed by atoms with E-state index in [0.29, 0.717) is 11.6 Å². The summed E-state index contributed by atoms with van der Waals surface area (Å²) >= 11 is 0. The van der Waals surface area contributed by atoms with Crippen molar-refractivity contribution in [3.05, 3.63) is 35.5 Å². The highest BCUT2D eigenvalue weighted by molar-refractivity contribution is 5.90. The standard InChI is InChI=1S/C16H17N3O/c1-2-11-4-3-5-14-12(8-17)9-19(16(11)14)10-15(20)18-13-6-7-13/h3-5,9,13H,2,6-7,10H2,1H3,(H,18,20). The van der Waals surface area contributed by atoms with Gasteiger partial charge in [-0.3, -0.25) is 4.79 Å². The summed E-state index contributed by atoms with van der Waals surface area (Å²) in [7, 11) is 0. The fraction of sp³-hybridized carbons (Fsp3) is 0.375. The van der Waals surface area contributed by atoms with Crippen molar-refractivity contribution in [2.45, 2.75) is 38.8 Å². The van der Waals surface area contributed by atoms with Gasteiger partial charge in [-0.25, -0.2) is 0 Å². The molecule has 1 aliphatic carbocycles. The predicted molar refractivity (Wildman–Crippen MR) is 77.2 cm³/mol. The van der Waals surface area contributed by atoms with Crippen molar-refractivity contribution >= 4 is 16.8 Å². The van der Waals surface area contributed by atoms with E-state index >= 15 is 0 Å². The van der Waals surface area contributed by atoms with E-state index in [9.17, 15) is 10.1 Å². The topological polar surface area (TPSA) is 57.8 Å². The van der Waals surface area contributed by atoms with Gasteiger partial charge in [0, 0.05) is 17.6 Å². The smallest absolute Gasteiger partial charge is 0.240 e. The van der Waals surface area contributed by atoms with Crippen molar-refractivity contribution in [2.75, 3.05) is 0 Å². The summed E-state index contributed by atoms with van der Waals surface area (Å²) in [6.45, 7) is 2.37. The molecule has 0 saturated heterocycles. The van der Waals surface area contributed by atoms with E-state index in [1.165, 1.54) is 5.56 Å². The van der Waals surface area contributed by atoms with Gasteiger partial charge in [0.1, 0.15) is 12.6 Å².